The molecule has 1 saturated carbocycles. The number of carbonyl (C=O) groups is 1. The van der Waals surface area contributed by atoms with Crippen LogP contribution in [0.1, 0.15) is 31.2 Å². The van der Waals surface area contributed by atoms with Gasteiger partial charge in [0.2, 0.25) is 0 Å². The Morgan fingerprint density at radius 3 is 2.80 bits per heavy atom. The monoisotopic (exact) mass is 204 g/mol. The number of carbonyl (C=O) groups excluding carboxylic acids is 1. The Morgan fingerprint density at radius 2 is 2.07 bits per heavy atom. The van der Waals surface area contributed by atoms with E-state index in [4.69, 9.17) is 4.74 Å². The molecular formula is C13H16O2. The van der Waals surface area contributed by atoms with E-state index in [2.05, 4.69) is 0 Å². The molecule has 0 radical (unpaired) electrons. The second-order valence-electron chi connectivity index (χ2n) is 4.05. The summed E-state index contributed by atoms with van der Waals surface area (Å²) >= 11 is 0. The van der Waals surface area contributed by atoms with E-state index >= 15 is 0 Å². The Labute approximate surface area is 90.3 Å². The highest BCUT2D eigenvalue weighted by atomic mass is 16.5. The maximum absolute atomic E-state index is 11.2. The minimum atomic E-state index is 0.145. The summed E-state index contributed by atoms with van der Waals surface area (Å²) < 4.78 is 5.72. The molecule has 0 bridgehead atoms. The SMILES string of the molecule is O=C1CCCC(OCc2ccccc2)C1. The van der Waals surface area contributed by atoms with Gasteiger partial charge in [-0.15, -0.1) is 0 Å². The van der Waals surface area contributed by atoms with Gasteiger partial charge in [-0.1, -0.05) is 30.3 Å². The van der Waals surface area contributed by atoms with Gasteiger partial charge in [-0.05, 0) is 18.4 Å². The number of hydrogen-bond acceptors (Lipinski definition) is 2. The van der Waals surface area contributed by atoms with Crippen molar-refractivity contribution in [2.24, 2.45) is 0 Å². The van der Waals surface area contributed by atoms with Crippen molar-refractivity contribution in [3.8, 4) is 0 Å². The third-order valence-corrected chi connectivity index (χ3v) is 2.77. The Bertz CT molecular complexity index is 319. The van der Waals surface area contributed by atoms with E-state index in [0.717, 1.165) is 19.3 Å². The largest absolute Gasteiger partial charge is 0.373 e. The van der Waals surface area contributed by atoms with Gasteiger partial charge >= 0.3 is 0 Å². The summed E-state index contributed by atoms with van der Waals surface area (Å²) in [6.07, 6.45) is 3.50. The van der Waals surface area contributed by atoms with Crippen molar-refractivity contribution in [2.75, 3.05) is 0 Å². The van der Waals surface area contributed by atoms with Crippen molar-refractivity contribution in [1.82, 2.24) is 0 Å². The summed E-state index contributed by atoms with van der Waals surface area (Å²) in [5.41, 5.74) is 1.18. The number of hydrogen-bond donors (Lipinski definition) is 0. The van der Waals surface area contributed by atoms with Gasteiger partial charge in [0.05, 0.1) is 12.7 Å². The highest BCUT2D eigenvalue weighted by Crippen LogP contribution is 2.18. The minimum Gasteiger partial charge on any atom is -0.373 e. The van der Waals surface area contributed by atoms with Crippen LogP contribution in [0.3, 0.4) is 0 Å². The number of benzene rings is 1. The lowest BCUT2D eigenvalue weighted by Crippen LogP contribution is -2.22. The first kappa shape index (κ1) is 10.4. The van der Waals surface area contributed by atoms with E-state index < -0.39 is 0 Å². The van der Waals surface area contributed by atoms with Crippen molar-refractivity contribution in [3.63, 3.8) is 0 Å². The van der Waals surface area contributed by atoms with Crippen LogP contribution in [0, 0.1) is 0 Å². The molecule has 1 aliphatic rings. The molecular weight excluding hydrogens is 188 g/mol. The van der Waals surface area contributed by atoms with Crippen molar-refractivity contribution in [2.45, 2.75) is 38.4 Å². The molecule has 1 aromatic carbocycles. The summed E-state index contributed by atoms with van der Waals surface area (Å²) in [7, 11) is 0. The highest BCUT2D eigenvalue weighted by molar-refractivity contribution is 5.79. The fourth-order valence-electron chi connectivity index (χ4n) is 1.92. The van der Waals surface area contributed by atoms with Crippen LogP contribution >= 0.6 is 0 Å². The predicted molar refractivity (Wildman–Crippen MR) is 58.5 cm³/mol. The van der Waals surface area contributed by atoms with Crippen LogP contribution in [0.4, 0.5) is 0 Å². The summed E-state index contributed by atoms with van der Waals surface area (Å²) in [6.45, 7) is 0.624. The van der Waals surface area contributed by atoms with Gasteiger partial charge in [-0.2, -0.15) is 0 Å². The molecule has 0 saturated heterocycles. The number of ketones is 1. The summed E-state index contributed by atoms with van der Waals surface area (Å²) in [4.78, 5) is 11.2. The molecule has 0 amide bonds. The van der Waals surface area contributed by atoms with Gasteiger partial charge in [0.15, 0.2) is 0 Å². The maximum atomic E-state index is 11.2. The van der Waals surface area contributed by atoms with Crippen LogP contribution in [0.5, 0.6) is 0 Å². The molecule has 1 aromatic rings. The second kappa shape index (κ2) is 5.08. The standard InChI is InChI=1S/C13H16O2/c14-12-7-4-8-13(9-12)15-10-11-5-2-1-3-6-11/h1-3,5-6,13H,4,7-10H2. The van der Waals surface area contributed by atoms with Crippen molar-refractivity contribution in [1.29, 1.82) is 0 Å². The van der Waals surface area contributed by atoms with Crippen LogP contribution in [-0.4, -0.2) is 11.9 Å². The van der Waals surface area contributed by atoms with Gasteiger partial charge < -0.3 is 4.74 Å². The first-order valence-corrected chi connectivity index (χ1v) is 5.52. The molecule has 0 heterocycles. The van der Waals surface area contributed by atoms with E-state index in [1.54, 1.807) is 0 Å². The van der Waals surface area contributed by atoms with E-state index in [-0.39, 0.29) is 6.10 Å². The molecule has 15 heavy (non-hydrogen) atoms. The summed E-state index contributed by atoms with van der Waals surface area (Å²) in [6, 6.07) is 10.1. The van der Waals surface area contributed by atoms with Gasteiger partial charge in [-0.25, -0.2) is 0 Å². The number of Topliss-reactive ketones (excluding diaryl/α,β-unsaturated/α-hetero) is 1. The number of ether oxygens (including phenoxy) is 1. The van der Waals surface area contributed by atoms with Crippen LogP contribution in [0.15, 0.2) is 30.3 Å². The van der Waals surface area contributed by atoms with Gasteiger partial charge in [-0.3, -0.25) is 4.79 Å². The Morgan fingerprint density at radius 1 is 1.27 bits per heavy atom. The highest BCUT2D eigenvalue weighted by Gasteiger charge is 2.19. The lowest BCUT2D eigenvalue weighted by Gasteiger charge is -2.21. The van der Waals surface area contributed by atoms with Gasteiger partial charge in [0.25, 0.3) is 0 Å². The zero-order valence-corrected chi connectivity index (χ0v) is 8.82. The third-order valence-electron chi connectivity index (χ3n) is 2.77. The quantitative estimate of drug-likeness (QED) is 0.756. The minimum absolute atomic E-state index is 0.145. The van der Waals surface area contributed by atoms with Gasteiger partial charge in [0, 0.05) is 12.8 Å². The molecule has 0 spiro atoms. The van der Waals surface area contributed by atoms with E-state index in [1.165, 1.54) is 5.56 Å². The van der Waals surface area contributed by atoms with E-state index in [9.17, 15) is 4.79 Å². The van der Waals surface area contributed by atoms with Crippen molar-refractivity contribution < 1.29 is 9.53 Å². The zero-order valence-electron chi connectivity index (χ0n) is 8.82. The Hall–Kier alpha value is -1.15. The molecule has 1 aliphatic carbocycles. The molecule has 2 heteroatoms. The number of rotatable bonds is 3. The fraction of sp³-hybridized carbons (Fsp3) is 0.462. The second-order valence-corrected chi connectivity index (χ2v) is 4.05. The summed E-state index contributed by atoms with van der Waals surface area (Å²) in [5, 5.41) is 0. The lowest BCUT2D eigenvalue weighted by atomic mass is 9.96. The normalized spacial score (nSPS) is 21.6. The molecule has 2 rings (SSSR count). The molecule has 2 nitrogen and oxygen atoms in total. The Balaban J connectivity index is 1.80. The molecule has 0 aliphatic heterocycles. The zero-order chi connectivity index (χ0) is 10.5. The molecule has 0 aromatic heterocycles. The molecule has 1 atom stereocenters. The average Bonchev–Trinajstić information content (AvgIpc) is 2.28. The first-order chi connectivity index (χ1) is 7.34. The average molecular weight is 204 g/mol. The van der Waals surface area contributed by atoms with E-state index in [0.29, 0.717) is 18.8 Å². The Kier molecular flexibility index (Phi) is 3.51. The van der Waals surface area contributed by atoms with Crippen LogP contribution in [0.2, 0.25) is 0 Å². The lowest BCUT2D eigenvalue weighted by molar-refractivity contribution is -0.124. The van der Waals surface area contributed by atoms with Gasteiger partial charge in [0.1, 0.15) is 5.78 Å². The third kappa shape index (κ3) is 3.17. The van der Waals surface area contributed by atoms with E-state index in [1.807, 2.05) is 30.3 Å². The topological polar surface area (TPSA) is 26.3 Å². The molecule has 0 N–H and O–H groups in total. The van der Waals surface area contributed by atoms with Crippen molar-refractivity contribution in [3.05, 3.63) is 35.9 Å². The predicted octanol–water partition coefficient (Wildman–Crippen LogP) is 2.71. The molecule has 1 unspecified atom stereocenters. The van der Waals surface area contributed by atoms with Crippen LogP contribution in [-0.2, 0) is 16.1 Å². The summed E-state index contributed by atoms with van der Waals surface area (Å²) in [5.74, 6) is 0.347. The van der Waals surface area contributed by atoms with Crippen molar-refractivity contribution >= 4 is 5.78 Å². The first-order valence-electron chi connectivity index (χ1n) is 5.52. The molecule has 80 valence electrons. The van der Waals surface area contributed by atoms with Crippen LogP contribution < -0.4 is 0 Å². The smallest absolute Gasteiger partial charge is 0.135 e. The maximum Gasteiger partial charge on any atom is 0.135 e. The van der Waals surface area contributed by atoms with Crippen LogP contribution in [0.25, 0.3) is 0 Å². The fourth-order valence-corrected chi connectivity index (χ4v) is 1.92. The molecule has 1 fully saturated rings.